The molecule has 0 spiro atoms. The standard InChI is InChI=1S/C12H12O3/c1-7-8(2)15-12-9(7)4-5-11(14-3)10(12)6-13/h4-6H,1-3H3. The number of benzene rings is 1. The summed E-state index contributed by atoms with van der Waals surface area (Å²) in [7, 11) is 1.54. The zero-order valence-corrected chi connectivity index (χ0v) is 8.96. The molecule has 15 heavy (non-hydrogen) atoms. The Labute approximate surface area is 87.6 Å². The van der Waals surface area contributed by atoms with Crippen molar-refractivity contribution in [2.45, 2.75) is 13.8 Å². The molecule has 0 amide bonds. The van der Waals surface area contributed by atoms with Crippen LogP contribution < -0.4 is 4.74 Å². The Bertz CT molecular complexity index is 523. The third-order valence-corrected chi connectivity index (χ3v) is 2.68. The number of carbonyl (C=O) groups excluding carboxylic acids is 1. The van der Waals surface area contributed by atoms with Crippen LogP contribution in [-0.2, 0) is 0 Å². The van der Waals surface area contributed by atoms with Gasteiger partial charge in [0, 0.05) is 5.39 Å². The largest absolute Gasteiger partial charge is 0.496 e. The van der Waals surface area contributed by atoms with E-state index in [0.29, 0.717) is 16.9 Å². The number of hydrogen-bond donors (Lipinski definition) is 0. The first kappa shape index (κ1) is 9.77. The van der Waals surface area contributed by atoms with E-state index >= 15 is 0 Å². The minimum Gasteiger partial charge on any atom is -0.496 e. The zero-order valence-electron chi connectivity index (χ0n) is 8.96. The molecule has 0 aliphatic carbocycles. The molecule has 0 unspecified atom stereocenters. The monoisotopic (exact) mass is 204 g/mol. The summed E-state index contributed by atoms with van der Waals surface area (Å²) in [6, 6.07) is 3.70. The molecular formula is C12H12O3. The van der Waals surface area contributed by atoms with E-state index in [-0.39, 0.29) is 0 Å². The lowest BCUT2D eigenvalue weighted by atomic mass is 10.1. The Morgan fingerprint density at radius 3 is 2.67 bits per heavy atom. The van der Waals surface area contributed by atoms with Gasteiger partial charge in [0.2, 0.25) is 0 Å². The van der Waals surface area contributed by atoms with Gasteiger partial charge in [-0.3, -0.25) is 4.79 Å². The lowest BCUT2D eigenvalue weighted by Crippen LogP contribution is -1.90. The van der Waals surface area contributed by atoms with Crippen molar-refractivity contribution >= 4 is 17.3 Å². The topological polar surface area (TPSA) is 39.4 Å². The van der Waals surface area contributed by atoms with Gasteiger partial charge >= 0.3 is 0 Å². The maximum absolute atomic E-state index is 11.0. The molecular weight excluding hydrogens is 192 g/mol. The molecule has 0 radical (unpaired) electrons. The summed E-state index contributed by atoms with van der Waals surface area (Å²) in [4.78, 5) is 11.0. The maximum atomic E-state index is 11.0. The third-order valence-electron chi connectivity index (χ3n) is 2.68. The van der Waals surface area contributed by atoms with Gasteiger partial charge in [0.1, 0.15) is 17.1 Å². The molecule has 1 aromatic carbocycles. The summed E-state index contributed by atoms with van der Waals surface area (Å²) < 4.78 is 10.7. The van der Waals surface area contributed by atoms with Crippen molar-refractivity contribution in [2.75, 3.05) is 7.11 Å². The van der Waals surface area contributed by atoms with Crippen LogP contribution in [0.15, 0.2) is 16.5 Å². The number of furan rings is 1. The van der Waals surface area contributed by atoms with Gasteiger partial charge in [-0.1, -0.05) is 0 Å². The molecule has 0 aliphatic rings. The molecule has 1 heterocycles. The first-order valence-electron chi connectivity index (χ1n) is 4.71. The summed E-state index contributed by atoms with van der Waals surface area (Å²) in [5, 5.41) is 0.968. The van der Waals surface area contributed by atoms with E-state index in [1.807, 2.05) is 19.9 Å². The predicted molar refractivity (Wildman–Crippen MR) is 57.6 cm³/mol. The number of hydrogen-bond acceptors (Lipinski definition) is 3. The Morgan fingerprint density at radius 2 is 2.07 bits per heavy atom. The van der Waals surface area contributed by atoms with Crippen molar-refractivity contribution < 1.29 is 13.9 Å². The Hall–Kier alpha value is -1.77. The molecule has 1 aromatic heterocycles. The van der Waals surface area contributed by atoms with E-state index < -0.39 is 0 Å². The number of fused-ring (bicyclic) bond motifs is 1. The van der Waals surface area contributed by atoms with Crippen LogP contribution in [0.1, 0.15) is 21.7 Å². The smallest absolute Gasteiger partial charge is 0.157 e. The zero-order chi connectivity index (χ0) is 11.0. The summed E-state index contributed by atoms with van der Waals surface area (Å²) in [6.45, 7) is 3.86. The van der Waals surface area contributed by atoms with Crippen molar-refractivity contribution in [2.24, 2.45) is 0 Å². The minimum atomic E-state index is 0.478. The second-order valence-electron chi connectivity index (χ2n) is 3.46. The molecule has 3 nitrogen and oxygen atoms in total. The quantitative estimate of drug-likeness (QED) is 0.706. The van der Waals surface area contributed by atoms with Crippen molar-refractivity contribution in [3.05, 3.63) is 29.0 Å². The summed E-state index contributed by atoms with van der Waals surface area (Å²) in [5.41, 5.74) is 2.15. The highest BCUT2D eigenvalue weighted by molar-refractivity contribution is 5.99. The first-order valence-corrected chi connectivity index (χ1v) is 4.71. The predicted octanol–water partition coefficient (Wildman–Crippen LogP) is 2.87. The maximum Gasteiger partial charge on any atom is 0.157 e. The molecule has 0 aliphatic heterocycles. The van der Waals surface area contributed by atoms with Crippen molar-refractivity contribution in [1.82, 2.24) is 0 Å². The normalized spacial score (nSPS) is 10.6. The highest BCUT2D eigenvalue weighted by Gasteiger charge is 2.14. The van der Waals surface area contributed by atoms with E-state index in [1.54, 1.807) is 6.07 Å². The number of rotatable bonds is 2. The van der Waals surface area contributed by atoms with Gasteiger partial charge in [-0.05, 0) is 31.5 Å². The molecule has 78 valence electrons. The van der Waals surface area contributed by atoms with Crippen molar-refractivity contribution in [3.63, 3.8) is 0 Å². The number of methoxy groups -OCH3 is 1. The van der Waals surface area contributed by atoms with Crippen molar-refractivity contribution in [1.29, 1.82) is 0 Å². The molecule has 0 bridgehead atoms. The van der Waals surface area contributed by atoms with Gasteiger partial charge in [-0.25, -0.2) is 0 Å². The van der Waals surface area contributed by atoms with Crippen LogP contribution in [-0.4, -0.2) is 13.4 Å². The van der Waals surface area contributed by atoms with Crippen LogP contribution in [0.5, 0.6) is 5.75 Å². The molecule has 3 heteroatoms. The average molecular weight is 204 g/mol. The molecule has 0 fully saturated rings. The van der Waals surface area contributed by atoms with Gasteiger partial charge in [-0.2, -0.15) is 0 Å². The molecule has 0 saturated carbocycles. The fourth-order valence-electron chi connectivity index (χ4n) is 1.70. The van der Waals surface area contributed by atoms with Crippen LogP contribution in [0.2, 0.25) is 0 Å². The van der Waals surface area contributed by atoms with Crippen molar-refractivity contribution in [3.8, 4) is 5.75 Å². The molecule has 0 atom stereocenters. The van der Waals surface area contributed by atoms with Gasteiger partial charge in [0.25, 0.3) is 0 Å². The van der Waals surface area contributed by atoms with Gasteiger partial charge in [0.05, 0.1) is 12.7 Å². The molecule has 0 saturated heterocycles. The fraction of sp³-hybridized carbons (Fsp3) is 0.250. The van der Waals surface area contributed by atoms with Gasteiger partial charge in [0.15, 0.2) is 6.29 Å². The highest BCUT2D eigenvalue weighted by atomic mass is 16.5. The van der Waals surface area contributed by atoms with Crippen LogP contribution in [0.3, 0.4) is 0 Å². The van der Waals surface area contributed by atoms with Gasteiger partial charge < -0.3 is 9.15 Å². The van der Waals surface area contributed by atoms with Crippen LogP contribution >= 0.6 is 0 Å². The van der Waals surface area contributed by atoms with Gasteiger partial charge in [-0.15, -0.1) is 0 Å². The Balaban J connectivity index is 2.88. The average Bonchev–Trinajstić information content (AvgIpc) is 2.54. The SMILES string of the molecule is COc1ccc2c(C)c(C)oc2c1C=O. The summed E-state index contributed by atoms with van der Waals surface area (Å²) >= 11 is 0. The van der Waals surface area contributed by atoms with Crippen LogP contribution in [0.25, 0.3) is 11.0 Å². The second kappa shape index (κ2) is 3.42. The van der Waals surface area contributed by atoms with E-state index in [2.05, 4.69) is 0 Å². The molecule has 2 rings (SSSR count). The molecule has 2 aromatic rings. The minimum absolute atomic E-state index is 0.478. The summed E-state index contributed by atoms with van der Waals surface area (Å²) in [6.07, 6.45) is 0.767. The van der Waals surface area contributed by atoms with E-state index in [1.165, 1.54) is 7.11 Å². The number of carbonyl (C=O) groups is 1. The lowest BCUT2D eigenvalue weighted by Gasteiger charge is -2.02. The highest BCUT2D eigenvalue weighted by Crippen LogP contribution is 2.31. The third kappa shape index (κ3) is 1.31. The second-order valence-corrected chi connectivity index (χ2v) is 3.46. The molecule has 0 N–H and O–H groups in total. The Morgan fingerprint density at radius 1 is 1.33 bits per heavy atom. The fourth-order valence-corrected chi connectivity index (χ4v) is 1.70. The lowest BCUT2D eigenvalue weighted by molar-refractivity contribution is 0.112. The van der Waals surface area contributed by atoms with E-state index in [0.717, 1.165) is 23.0 Å². The van der Waals surface area contributed by atoms with E-state index in [4.69, 9.17) is 9.15 Å². The number of ether oxygens (including phenoxy) is 1. The van der Waals surface area contributed by atoms with Crippen LogP contribution in [0, 0.1) is 13.8 Å². The van der Waals surface area contributed by atoms with Crippen LogP contribution in [0.4, 0.5) is 0 Å². The Kier molecular flexibility index (Phi) is 2.23. The number of aldehydes is 1. The number of aryl methyl sites for hydroxylation is 2. The first-order chi connectivity index (χ1) is 7.19. The van der Waals surface area contributed by atoms with E-state index in [9.17, 15) is 4.79 Å². The summed E-state index contributed by atoms with van der Waals surface area (Å²) in [5.74, 6) is 1.38.